The highest BCUT2D eigenvalue weighted by Gasteiger charge is 2.11. The summed E-state index contributed by atoms with van der Waals surface area (Å²) in [5.74, 6) is 1.49. The van der Waals surface area contributed by atoms with E-state index in [1.165, 1.54) is 10.9 Å². The van der Waals surface area contributed by atoms with E-state index in [0.717, 1.165) is 22.4 Å². The predicted molar refractivity (Wildman–Crippen MR) is 94.8 cm³/mol. The highest BCUT2D eigenvalue weighted by Crippen LogP contribution is 2.22. The van der Waals surface area contributed by atoms with Crippen molar-refractivity contribution in [2.45, 2.75) is 20.4 Å². The van der Waals surface area contributed by atoms with Gasteiger partial charge in [0.05, 0.1) is 23.1 Å². The molecule has 24 heavy (non-hydrogen) atoms. The number of fused-ring (bicyclic) bond motifs is 2. The Morgan fingerprint density at radius 2 is 1.96 bits per heavy atom. The molecule has 0 saturated heterocycles. The molecule has 0 bridgehead atoms. The maximum absolute atomic E-state index is 4.64. The van der Waals surface area contributed by atoms with Gasteiger partial charge in [-0.15, -0.1) is 0 Å². The largest absolute Gasteiger partial charge is 0.364 e. The third-order valence-electron chi connectivity index (χ3n) is 4.09. The van der Waals surface area contributed by atoms with Crippen LogP contribution in [0.15, 0.2) is 36.5 Å². The average Bonchev–Trinajstić information content (AvgIpc) is 2.88. The lowest BCUT2D eigenvalue weighted by atomic mass is 10.1. The highest BCUT2D eigenvalue weighted by atomic mass is 15.3. The Morgan fingerprint density at radius 1 is 1.08 bits per heavy atom. The Kier molecular flexibility index (Phi) is 3.37. The molecule has 0 aliphatic heterocycles. The Balaban J connectivity index is 1.72. The second-order valence-electron chi connectivity index (χ2n) is 5.94. The Bertz CT molecular complexity index is 1050. The summed E-state index contributed by atoms with van der Waals surface area (Å²) in [4.78, 5) is 13.2. The fourth-order valence-electron chi connectivity index (χ4n) is 2.96. The summed E-state index contributed by atoms with van der Waals surface area (Å²) in [7, 11) is 1.97. The van der Waals surface area contributed by atoms with Crippen LogP contribution in [0.3, 0.4) is 0 Å². The third-order valence-corrected chi connectivity index (χ3v) is 4.09. The van der Waals surface area contributed by atoms with E-state index in [0.29, 0.717) is 18.0 Å². The van der Waals surface area contributed by atoms with E-state index in [1.807, 2.05) is 30.8 Å². The molecule has 3 heterocycles. The van der Waals surface area contributed by atoms with Gasteiger partial charge in [-0.2, -0.15) is 5.10 Å². The van der Waals surface area contributed by atoms with E-state index in [-0.39, 0.29) is 0 Å². The number of pyridine rings is 1. The maximum Gasteiger partial charge on any atom is 0.164 e. The molecule has 4 rings (SSSR count). The number of anilines is 1. The van der Waals surface area contributed by atoms with E-state index in [2.05, 4.69) is 50.5 Å². The van der Waals surface area contributed by atoms with Crippen LogP contribution in [-0.4, -0.2) is 24.7 Å². The van der Waals surface area contributed by atoms with Crippen molar-refractivity contribution in [2.75, 3.05) is 5.32 Å². The van der Waals surface area contributed by atoms with Gasteiger partial charge in [0.1, 0.15) is 11.6 Å². The van der Waals surface area contributed by atoms with Gasteiger partial charge >= 0.3 is 0 Å². The quantitative estimate of drug-likeness (QED) is 0.628. The zero-order chi connectivity index (χ0) is 16.7. The minimum Gasteiger partial charge on any atom is -0.364 e. The summed E-state index contributed by atoms with van der Waals surface area (Å²) >= 11 is 0. The number of nitrogens with one attached hydrogen (secondary N) is 1. The normalized spacial score (nSPS) is 11.3. The third kappa shape index (κ3) is 2.46. The van der Waals surface area contributed by atoms with Crippen molar-refractivity contribution < 1.29 is 0 Å². The van der Waals surface area contributed by atoms with Crippen LogP contribution >= 0.6 is 0 Å². The minimum atomic E-state index is 0.598. The van der Waals surface area contributed by atoms with Crippen LogP contribution in [0, 0.1) is 13.8 Å². The number of aromatic nitrogens is 5. The van der Waals surface area contributed by atoms with E-state index in [4.69, 9.17) is 0 Å². The summed E-state index contributed by atoms with van der Waals surface area (Å²) in [5, 5.41) is 10.1. The molecule has 6 heteroatoms. The number of aryl methyl sites for hydroxylation is 3. The Hall–Kier alpha value is -3.02. The number of hydrogen-bond donors (Lipinski definition) is 1. The van der Waals surface area contributed by atoms with E-state index < -0.39 is 0 Å². The Labute approximate surface area is 139 Å². The highest BCUT2D eigenvalue weighted by molar-refractivity contribution is 5.87. The monoisotopic (exact) mass is 318 g/mol. The molecule has 1 N–H and O–H groups in total. The van der Waals surface area contributed by atoms with E-state index >= 15 is 0 Å². The van der Waals surface area contributed by atoms with Crippen molar-refractivity contribution in [2.24, 2.45) is 7.05 Å². The van der Waals surface area contributed by atoms with Gasteiger partial charge in [0.15, 0.2) is 5.65 Å². The molecule has 0 aliphatic carbocycles. The molecule has 0 unspecified atom stereocenters. The second-order valence-corrected chi connectivity index (χ2v) is 5.94. The van der Waals surface area contributed by atoms with Gasteiger partial charge < -0.3 is 5.32 Å². The fourth-order valence-corrected chi connectivity index (χ4v) is 2.96. The molecule has 0 spiro atoms. The molecule has 4 aromatic rings. The van der Waals surface area contributed by atoms with Crippen molar-refractivity contribution in [3.63, 3.8) is 0 Å². The zero-order valence-corrected chi connectivity index (χ0v) is 13.9. The minimum absolute atomic E-state index is 0.598. The molecular formula is C18H18N6. The first-order valence-electron chi connectivity index (χ1n) is 7.87. The number of rotatable bonds is 3. The maximum atomic E-state index is 4.64. The van der Waals surface area contributed by atoms with Crippen LogP contribution in [0.1, 0.15) is 17.1 Å². The summed E-state index contributed by atoms with van der Waals surface area (Å²) in [6.07, 6.45) is 1.74. The molecular weight excluding hydrogens is 300 g/mol. The van der Waals surface area contributed by atoms with Crippen molar-refractivity contribution in [3.05, 3.63) is 53.6 Å². The lowest BCUT2D eigenvalue weighted by Gasteiger charge is -2.08. The fraction of sp³-hybridized carbons (Fsp3) is 0.222. The molecule has 0 radical (unpaired) electrons. The molecule has 3 aromatic heterocycles. The summed E-state index contributed by atoms with van der Waals surface area (Å²) < 4.78 is 1.91. The lowest BCUT2D eigenvalue weighted by Crippen LogP contribution is -2.06. The standard InChI is InChI=1S/C18H18N6/c1-11-6-7-16-14(9-11)15(23-24(16)3)10-20-18-13-5-4-8-19-17(13)21-12(2)22-18/h4-9H,10H2,1-3H3,(H,19,20,21,22). The van der Waals surface area contributed by atoms with Crippen LogP contribution in [0.2, 0.25) is 0 Å². The van der Waals surface area contributed by atoms with Crippen molar-refractivity contribution in [1.29, 1.82) is 0 Å². The predicted octanol–water partition coefficient (Wildman–Crippen LogP) is 3.14. The summed E-state index contributed by atoms with van der Waals surface area (Å²) in [6, 6.07) is 10.3. The van der Waals surface area contributed by atoms with Crippen LogP contribution in [-0.2, 0) is 13.6 Å². The molecule has 0 saturated carbocycles. The number of hydrogen-bond acceptors (Lipinski definition) is 5. The molecule has 120 valence electrons. The van der Waals surface area contributed by atoms with Crippen molar-refractivity contribution in [3.8, 4) is 0 Å². The average molecular weight is 318 g/mol. The molecule has 0 fully saturated rings. The van der Waals surface area contributed by atoms with Gasteiger partial charge in [-0.3, -0.25) is 4.68 Å². The van der Waals surface area contributed by atoms with Crippen LogP contribution in [0.5, 0.6) is 0 Å². The van der Waals surface area contributed by atoms with Gasteiger partial charge in [0, 0.05) is 18.6 Å². The van der Waals surface area contributed by atoms with E-state index in [1.54, 1.807) is 6.20 Å². The van der Waals surface area contributed by atoms with Gasteiger partial charge in [-0.1, -0.05) is 11.6 Å². The van der Waals surface area contributed by atoms with Crippen LogP contribution in [0.25, 0.3) is 21.9 Å². The van der Waals surface area contributed by atoms with Crippen molar-refractivity contribution in [1.82, 2.24) is 24.7 Å². The molecule has 0 atom stereocenters. The summed E-state index contributed by atoms with van der Waals surface area (Å²) in [6.45, 7) is 4.57. The summed E-state index contributed by atoms with van der Waals surface area (Å²) in [5.41, 5.74) is 4.06. The second kappa shape index (κ2) is 5.56. The Morgan fingerprint density at radius 3 is 2.83 bits per heavy atom. The topological polar surface area (TPSA) is 68.5 Å². The SMILES string of the molecule is Cc1ccc2c(c1)c(CNc1nc(C)nc3ncccc13)nn2C. The van der Waals surface area contributed by atoms with Gasteiger partial charge in [-0.05, 0) is 38.1 Å². The molecule has 0 amide bonds. The van der Waals surface area contributed by atoms with Crippen molar-refractivity contribution >= 4 is 27.8 Å². The molecule has 0 aliphatic rings. The van der Waals surface area contributed by atoms with Gasteiger partial charge in [-0.25, -0.2) is 15.0 Å². The first kappa shape index (κ1) is 14.6. The molecule has 6 nitrogen and oxygen atoms in total. The van der Waals surface area contributed by atoms with Gasteiger partial charge in [0.2, 0.25) is 0 Å². The zero-order valence-electron chi connectivity index (χ0n) is 13.9. The first-order valence-corrected chi connectivity index (χ1v) is 7.87. The van der Waals surface area contributed by atoms with E-state index in [9.17, 15) is 0 Å². The van der Waals surface area contributed by atoms with Crippen LogP contribution in [0.4, 0.5) is 5.82 Å². The molecule has 1 aromatic carbocycles. The number of benzene rings is 1. The first-order chi connectivity index (χ1) is 11.6. The smallest absolute Gasteiger partial charge is 0.164 e. The van der Waals surface area contributed by atoms with Gasteiger partial charge in [0.25, 0.3) is 0 Å². The van der Waals surface area contributed by atoms with Crippen LogP contribution < -0.4 is 5.32 Å². The lowest BCUT2D eigenvalue weighted by molar-refractivity contribution is 0.771. The number of nitrogens with zero attached hydrogens (tertiary/aromatic N) is 5.